The third kappa shape index (κ3) is 4.35. The van der Waals surface area contributed by atoms with Crippen molar-refractivity contribution in [3.63, 3.8) is 0 Å². The van der Waals surface area contributed by atoms with Gasteiger partial charge in [0.05, 0.1) is 11.2 Å². The lowest BCUT2D eigenvalue weighted by atomic mass is 10.0. The molecule has 0 fully saturated rings. The normalized spacial score (nSPS) is 11.1. The highest BCUT2D eigenvalue weighted by atomic mass is 16.4. The Morgan fingerprint density at radius 1 is 1.15 bits per heavy atom. The zero-order chi connectivity index (χ0) is 19.4. The van der Waals surface area contributed by atoms with Crippen LogP contribution >= 0.6 is 0 Å². The molecule has 0 bridgehead atoms. The molecule has 0 saturated carbocycles. The molecule has 0 saturated heterocycles. The Balaban J connectivity index is 2.04. The predicted octanol–water partition coefficient (Wildman–Crippen LogP) is 3.67. The molecule has 3 rings (SSSR count). The van der Waals surface area contributed by atoms with Gasteiger partial charge in [-0.3, -0.25) is 4.98 Å². The van der Waals surface area contributed by atoms with Gasteiger partial charge in [-0.2, -0.15) is 0 Å². The Hall–Kier alpha value is -3.12. The quantitative estimate of drug-likeness (QED) is 0.554. The maximum absolute atomic E-state index is 11.7. The number of aromatic nitrogens is 1. The van der Waals surface area contributed by atoms with E-state index in [9.17, 15) is 15.0 Å². The number of fused-ring (bicyclic) bond motifs is 1. The number of nitrogens with zero attached hydrogens (tertiary/aromatic N) is 2. The van der Waals surface area contributed by atoms with Gasteiger partial charge >= 0.3 is 5.97 Å². The van der Waals surface area contributed by atoms with Gasteiger partial charge in [-0.05, 0) is 62.5 Å². The van der Waals surface area contributed by atoms with E-state index in [-0.39, 0.29) is 11.3 Å². The van der Waals surface area contributed by atoms with E-state index in [1.54, 1.807) is 18.2 Å². The summed E-state index contributed by atoms with van der Waals surface area (Å²) >= 11 is 0. The number of aromatic hydroxyl groups is 1. The van der Waals surface area contributed by atoms with Crippen LogP contribution < -0.4 is 5.32 Å². The van der Waals surface area contributed by atoms with Crippen molar-refractivity contribution >= 4 is 22.6 Å². The molecule has 0 unspecified atom stereocenters. The number of carboxylic acid groups (broad SMARTS) is 1. The molecule has 6 nitrogen and oxygen atoms in total. The largest absolute Gasteiger partial charge is 0.508 e. The number of carbonyl (C=O) groups is 1. The molecule has 27 heavy (non-hydrogen) atoms. The summed E-state index contributed by atoms with van der Waals surface area (Å²) in [4.78, 5) is 18.1. The fourth-order valence-electron chi connectivity index (χ4n) is 3.02. The van der Waals surface area contributed by atoms with Crippen LogP contribution in [0.25, 0.3) is 22.0 Å². The highest BCUT2D eigenvalue weighted by molar-refractivity contribution is 6.05. The smallest absolute Gasteiger partial charge is 0.339 e. The molecular formula is C21H23N3O3. The zero-order valence-electron chi connectivity index (χ0n) is 15.4. The summed E-state index contributed by atoms with van der Waals surface area (Å²) in [6.07, 6.45) is 2.29. The summed E-state index contributed by atoms with van der Waals surface area (Å²) in [6, 6.07) is 12.7. The van der Waals surface area contributed by atoms with E-state index in [4.69, 9.17) is 0 Å². The summed E-state index contributed by atoms with van der Waals surface area (Å²) in [5.41, 5.74) is 3.20. The Labute approximate surface area is 158 Å². The van der Waals surface area contributed by atoms with Gasteiger partial charge in [0, 0.05) is 18.1 Å². The van der Waals surface area contributed by atoms with E-state index in [0.717, 1.165) is 35.0 Å². The van der Waals surface area contributed by atoms with Crippen molar-refractivity contribution < 1.29 is 15.0 Å². The molecule has 1 heterocycles. The van der Waals surface area contributed by atoms with Gasteiger partial charge in [0.15, 0.2) is 0 Å². The molecule has 0 amide bonds. The minimum Gasteiger partial charge on any atom is -0.508 e. The van der Waals surface area contributed by atoms with Crippen molar-refractivity contribution in [1.82, 2.24) is 9.88 Å². The molecule has 0 aliphatic carbocycles. The molecule has 6 heteroatoms. The average molecular weight is 365 g/mol. The monoisotopic (exact) mass is 365 g/mol. The van der Waals surface area contributed by atoms with Crippen LogP contribution in [0.5, 0.6) is 5.75 Å². The minimum absolute atomic E-state index is 0.153. The Bertz CT molecular complexity index is 970. The van der Waals surface area contributed by atoms with Crippen LogP contribution in [-0.4, -0.2) is 53.3 Å². The molecule has 0 spiro atoms. The number of phenolic OH excluding ortho intramolecular Hbond substituents is 1. The molecule has 0 aliphatic rings. The first-order valence-corrected chi connectivity index (χ1v) is 8.80. The van der Waals surface area contributed by atoms with Crippen molar-refractivity contribution in [2.24, 2.45) is 0 Å². The Morgan fingerprint density at radius 3 is 2.63 bits per heavy atom. The molecule has 3 aromatic rings. The fourth-order valence-corrected chi connectivity index (χ4v) is 3.02. The third-order valence-electron chi connectivity index (χ3n) is 4.36. The average Bonchev–Trinajstić information content (AvgIpc) is 2.64. The first-order valence-electron chi connectivity index (χ1n) is 8.80. The zero-order valence-corrected chi connectivity index (χ0v) is 15.4. The van der Waals surface area contributed by atoms with Gasteiger partial charge in [0.25, 0.3) is 0 Å². The van der Waals surface area contributed by atoms with Crippen LogP contribution in [0.4, 0.5) is 5.69 Å². The first kappa shape index (κ1) is 18.7. The maximum Gasteiger partial charge on any atom is 0.339 e. The predicted molar refractivity (Wildman–Crippen MR) is 107 cm³/mol. The second kappa shape index (κ2) is 8.05. The van der Waals surface area contributed by atoms with Crippen molar-refractivity contribution in [2.45, 2.75) is 6.42 Å². The van der Waals surface area contributed by atoms with E-state index in [1.165, 1.54) is 6.20 Å². The van der Waals surface area contributed by atoms with Crippen molar-refractivity contribution in [3.05, 3.63) is 54.2 Å². The highest BCUT2D eigenvalue weighted by Crippen LogP contribution is 2.31. The van der Waals surface area contributed by atoms with Crippen molar-refractivity contribution in [3.8, 4) is 16.9 Å². The standard InChI is InChI=1S/C21H23N3O3/c1-24(2)10-4-9-22-20-17-12-15(14-5-3-6-16(25)11-14)7-8-19(17)23-13-18(20)21(26)27/h3,5-8,11-13,25H,4,9-10H2,1-2H3,(H,22,23)(H,26,27). The van der Waals surface area contributed by atoms with Crippen molar-refractivity contribution in [1.29, 1.82) is 0 Å². The summed E-state index contributed by atoms with van der Waals surface area (Å²) in [7, 11) is 4.01. The van der Waals surface area contributed by atoms with E-state index in [1.807, 2.05) is 38.4 Å². The van der Waals surface area contributed by atoms with Gasteiger partial charge < -0.3 is 20.4 Å². The second-order valence-corrected chi connectivity index (χ2v) is 6.72. The Kier molecular flexibility index (Phi) is 5.57. The minimum atomic E-state index is -1.01. The Morgan fingerprint density at radius 2 is 1.93 bits per heavy atom. The highest BCUT2D eigenvalue weighted by Gasteiger charge is 2.15. The van der Waals surface area contributed by atoms with Gasteiger partial charge in [-0.1, -0.05) is 18.2 Å². The number of nitrogens with one attached hydrogen (secondary N) is 1. The van der Waals surface area contributed by atoms with Gasteiger partial charge in [-0.15, -0.1) is 0 Å². The number of carboxylic acids is 1. The molecule has 0 atom stereocenters. The van der Waals surface area contributed by atoms with Crippen LogP contribution in [-0.2, 0) is 0 Å². The summed E-state index contributed by atoms with van der Waals surface area (Å²) in [5.74, 6) is -0.825. The fraction of sp³-hybridized carbons (Fsp3) is 0.238. The number of phenols is 1. The molecule has 140 valence electrons. The van der Waals surface area contributed by atoms with Crippen LogP contribution in [0.2, 0.25) is 0 Å². The number of anilines is 1. The maximum atomic E-state index is 11.7. The topological polar surface area (TPSA) is 85.7 Å². The van der Waals surface area contributed by atoms with Crippen molar-refractivity contribution in [2.75, 3.05) is 32.5 Å². The molecule has 0 radical (unpaired) electrons. The van der Waals surface area contributed by atoms with Gasteiger partial charge in [-0.25, -0.2) is 4.79 Å². The number of aromatic carboxylic acids is 1. The van der Waals surface area contributed by atoms with Crippen LogP contribution in [0, 0.1) is 0 Å². The number of hydrogen-bond donors (Lipinski definition) is 3. The summed E-state index contributed by atoms with van der Waals surface area (Å²) in [6.45, 7) is 1.57. The molecule has 0 aliphatic heterocycles. The van der Waals surface area contributed by atoms with Gasteiger partial charge in [0.1, 0.15) is 11.3 Å². The third-order valence-corrected chi connectivity index (χ3v) is 4.36. The van der Waals surface area contributed by atoms with E-state index in [0.29, 0.717) is 12.2 Å². The number of benzene rings is 2. The first-order chi connectivity index (χ1) is 13.0. The lowest BCUT2D eigenvalue weighted by Gasteiger charge is -2.15. The molecule has 3 N–H and O–H groups in total. The number of pyridine rings is 1. The lowest BCUT2D eigenvalue weighted by Crippen LogP contribution is -2.17. The SMILES string of the molecule is CN(C)CCCNc1c(C(=O)O)cnc2ccc(-c3cccc(O)c3)cc12. The van der Waals surface area contributed by atoms with Crippen LogP contribution in [0.15, 0.2) is 48.7 Å². The van der Waals surface area contributed by atoms with E-state index < -0.39 is 5.97 Å². The molecular weight excluding hydrogens is 342 g/mol. The van der Waals surface area contributed by atoms with E-state index >= 15 is 0 Å². The summed E-state index contributed by atoms with van der Waals surface area (Å²) in [5, 5.41) is 23.3. The van der Waals surface area contributed by atoms with Crippen LogP contribution in [0.1, 0.15) is 16.8 Å². The second-order valence-electron chi connectivity index (χ2n) is 6.72. The van der Waals surface area contributed by atoms with E-state index in [2.05, 4.69) is 15.2 Å². The molecule has 2 aromatic carbocycles. The van der Waals surface area contributed by atoms with Gasteiger partial charge in [0.2, 0.25) is 0 Å². The number of rotatable bonds is 7. The number of hydrogen-bond acceptors (Lipinski definition) is 5. The molecule has 1 aromatic heterocycles. The lowest BCUT2D eigenvalue weighted by molar-refractivity contribution is 0.0697. The summed E-state index contributed by atoms with van der Waals surface area (Å²) < 4.78 is 0. The van der Waals surface area contributed by atoms with Crippen LogP contribution in [0.3, 0.4) is 0 Å².